The lowest BCUT2D eigenvalue weighted by molar-refractivity contribution is -0.0553. The van der Waals surface area contributed by atoms with E-state index in [-0.39, 0.29) is 12.1 Å². The van der Waals surface area contributed by atoms with Crippen molar-refractivity contribution >= 4 is 17.8 Å². The van der Waals surface area contributed by atoms with Gasteiger partial charge in [0.05, 0.1) is 5.56 Å². The van der Waals surface area contributed by atoms with E-state index in [0.29, 0.717) is 17.2 Å². The van der Waals surface area contributed by atoms with Gasteiger partial charge in [-0.3, -0.25) is 4.79 Å². The second-order valence-corrected chi connectivity index (χ2v) is 6.13. The van der Waals surface area contributed by atoms with E-state index in [1.54, 1.807) is 6.07 Å². The summed E-state index contributed by atoms with van der Waals surface area (Å²) in [4.78, 5) is 15.7. The predicted octanol–water partition coefficient (Wildman–Crippen LogP) is 3.21. The van der Waals surface area contributed by atoms with Gasteiger partial charge in [-0.05, 0) is 42.0 Å². The Labute approximate surface area is 153 Å². The third kappa shape index (κ3) is 4.18. The Morgan fingerprint density at radius 2 is 2.19 bits per heavy atom. The summed E-state index contributed by atoms with van der Waals surface area (Å²) in [6, 6.07) is 4.40. The summed E-state index contributed by atoms with van der Waals surface area (Å²) in [6.45, 7) is -3.12. The number of carbonyl (C=O) groups excluding carboxylic acids is 1. The maximum absolute atomic E-state index is 13.7. The molecule has 4 N–H and O–H groups in total. The van der Waals surface area contributed by atoms with Gasteiger partial charge in [0.15, 0.2) is 5.82 Å². The van der Waals surface area contributed by atoms with Crippen molar-refractivity contribution in [3.05, 3.63) is 52.5 Å². The zero-order valence-corrected chi connectivity index (χ0v) is 14.1. The monoisotopic (exact) mass is 378 g/mol. The Bertz CT molecular complexity index is 885. The van der Waals surface area contributed by atoms with Gasteiger partial charge in [-0.1, -0.05) is 6.07 Å². The number of carbonyl (C=O) groups is 1. The standard InChI is InChI=1S/C18H17F3N4O2/c19-14-5-10(7-25-17(14)27-18(20)21)16(26)24-8-13-11(9-1-2-9)3-4-15(23)12(13)6-22/h3-7,9,18,22H,1-2,8,23H2,(H,24,26). The maximum Gasteiger partial charge on any atom is 0.388 e. The second-order valence-electron chi connectivity index (χ2n) is 6.13. The molecule has 1 aliphatic rings. The lowest BCUT2D eigenvalue weighted by atomic mass is 9.96. The number of hydrogen-bond donors (Lipinski definition) is 3. The number of aromatic nitrogens is 1. The van der Waals surface area contributed by atoms with Gasteiger partial charge in [-0.25, -0.2) is 9.37 Å². The smallest absolute Gasteiger partial charge is 0.388 e. The van der Waals surface area contributed by atoms with Gasteiger partial charge in [0, 0.05) is 30.2 Å². The fraction of sp³-hybridized carbons (Fsp3) is 0.278. The molecule has 6 nitrogen and oxygen atoms in total. The molecule has 27 heavy (non-hydrogen) atoms. The molecule has 1 fully saturated rings. The minimum Gasteiger partial charge on any atom is -0.414 e. The average Bonchev–Trinajstić information content (AvgIpc) is 3.46. The Hall–Kier alpha value is -3.10. The van der Waals surface area contributed by atoms with Crippen LogP contribution in [0.25, 0.3) is 0 Å². The molecule has 3 rings (SSSR count). The number of halogens is 3. The van der Waals surface area contributed by atoms with E-state index in [0.717, 1.165) is 42.4 Å². The van der Waals surface area contributed by atoms with Crippen LogP contribution in [0.2, 0.25) is 0 Å². The van der Waals surface area contributed by atoms with Crippen LogP contribution >= 0.6 is 0 Å². The molecule has 0 atom stereocenters. The van der Waals surface area contributed by atoms with Crippen molar-refractivity contribution in [2.45, 2.75) is 31.9 Å². The van der Waals surface area contributed by atoms with Gasteiger partial charge in [-0.2, -0.15) is 8.78 Å². The van der Waals surface area contributed by atoms with E-state index in [4.69, 9.17) is 11.1 Å². The number of nitrogen functional groups attached to an aromatic ring is 1. The molecule has 9 heteroatoms. The summed E-state index contributed by atoms with van der Waals surface area (Å²) in [5.74, 6) is -2.29. The zero-order chi connectivity index (χ0) is 19.6. The topological polar surface area (TPSA) is 101 Å². The van der Waals surface area contributed by atoms with Gasteiger partial charge in [0.1, 0.15) is 0 Å². The number of pyridine rings is 1. The first-order valence-electron chi connectivity index (χ1n) is 8.21. The van der Waals surface area contributed by atoms with Crippen LogP contribution in [0.3, 0.4) is 0 Å². The van der Waals surface area contributed by atoms with Gasteiger partial charge >= 0.3 is 6.61 Å². The highest BCUT2D eigenvalue weighted by Gasteiger charge is 2.27. The SMILES string of the molecule is N=Cc1c(N)ccc(C2CC2)c1CNC(=O)c1cnc(OC(F)F)c(F)c1. The zero-order valence-electron chi connectivity index (χ0n) is 14.1. The van der Waals surface area contributed by atoms with Gasteiger partial charge in [0.25, 0.3) is 11.8 Å². The molecule has 0 saturated heterocycles. The van der Waals surface area contributed by atoms with Gasteiger partial charge in [0.2, 0.25) is 0 Å². The molecule has 0 radical (unpaired) electrons. The van der Waals surface area contributed by atoms with Crippen molar-refractivity contribution < 1.29 is 22.7 Å². The van der Waals surface area contributed by atoms with Crippen LogP contribution in [0, 0.1) is 11.2 Å². The molecule has 1 saturated carbocycles. The highest BCUT2D eigenvalue weighted by molar-refractivity contribution is 5.94. The van der Waals surface area contributed by atoms with Crippen molar-refractivity contribution in [2.24, 2.45) is 0 Å². The quantitative estimate of drug-likeness (QED) is 0.509. The van der Waals surface area contributed by atoms with Crippen molar-refractivity contribution in [3.8, 4) is 5.88 Å². The van der Waals surface area contributed by atoms with E-state index in [2.05, 4.69) is 15.0 Å². The summed E-state index contributed by atoms with van der Waals surface area (Å²) in [6.07, 6.45) is 4.15. The third-order valence-electron chi connectivity index (χ3n) is 4.28. The number of nitrogens with two attached hydrogens (primary N) is 1. The van der Waals surface area contributed by atoms with Crippen LogP contribution in [0.4, 0.5) is 18.9 Å². The molecular weight excluding hydrogens is 361 g/mol. The molecule has 142 valence electrons. The molecule has 1 amide bonds. The Morgan fingerprint density at radius 1 is 1.44 bits per heavy atom. The van der Waals surface area contributed by atoms with Crippen LogP contribution in [-0.4, -0.2) is 23.7 Å². The predicted molar refractivity (Wildman–Crippen MR) is 92.7 cm³/mol. The Kier molecular flexibility index (Phi) is 5.29. The number of nitrogens with one attached hydrogen (secondary N) is 2. The van der Waals surface area contributed by atoms with Gasteiger partial charge in [-0.15, -0.1) is 0 Å². The first-order valence-corrected chi connectivity index (χ1v) is 8.21. The highest BCUT2D eigenvalue weighted by atomic mass is 19.3. The van der Waals surface area contributed by atoms with E-state index >= 15 is 0 Å². The number of hydrogen-bond acceptors (Lipinski definition) is 5. The van der Waals surface area contributed by atoms with E-state index in [1.807, 2.05) is 6.07 Å². The van der Waals surface area contributed by atoms with Crippen molar-refractivity contribution in [3.63, 3.8) is 0 Å². The van der Waals surface area contributed by atoms with Gasteiger partial charge < -0.3 is 21.2 Å². The average molecular weight is 378 g/mol. The number of rotatable bonds is 7. The molecule has 0 spiro atoms. The number of ether oxygens (including phenoxy) is 1. The largest absolute Gasteiger partial charge is 0.414 e. The molecule has 0 bridgehead atoms. The minimum absolute atomic E-state index is 0.0946. The van der Waals surface area contributed by atoms with E-state index in [9.17, 15) is 18.0 Å². The van der Waals surface area contributed by atoms with Crippen molar-refractivity contribution in [1.82, 2.24) is 10.3 Å². The minimum atomic E-state index is -3.21. The second kappa shape index (κ2) is 7.65. The summed E-state index contributed by atoms with van der Waals surface area (Å²) < 4.78 is 41.9. The van der Waals surface area contributed by atoms with Crippen LogP contribution in [-0.2, 0) is 6.54 Å². The lowest BCUT2D eigenvalue weighted by Crippen LogP contribution is -2.25. The summed E-state index contributed by atoms with van der Waals surface area (Å²) in [5, 5.41) is 10.2. The maximum atomic E-state index is 13.7. The highest BCUT2D eigenvalue weighted by Crippen LogP contribution is 2.43. The Morgan fingerprint density at radius 3 is 2.78 bits per heavy atom. The number of amides is 1. The third-order valence-corrected chi connectivity index (χ3v) is 4.28. The molecule has 1 aromatic carbocycles. The molecule has 0 aliphatic heterocycles. The van der Waals surface area contributed by atoms with Crippen molar-refractivity contribution in [2.75, 3.05) is 5.73 Å². The first kappa shape index (κ1) is 18.7. The van der Waals surface area contributed by atoms with E-state index in [1.165, 1.54) is 0 Å². The number of anilines is 1. The van der Waals surface area contributed by atoms with Crippen molar-refractivity contribution in [1.29, 1.82) is 5.41 Å². The summed E-state index contributed by atoms with van der Waals surface area (Å²) in [5.41, 5.74) is 8.51. The van der Waals surface area contributed by atoms with E-state index < -0.39 is 24.2 Å². The summed E-state index contributed by atoms with van der Waals surface area (Å²) in [7, 11) is 0. The number of alkyl halides is 2. The molecule has 1 heterocycles. The molecular formula is C18H17F3N4O2. The first-order chi connectivity index (χ1) is 12.9. The Balaban J connectivity index is 1.77. The fourth-order valence-electron chi connectivity index (χ4n) is 2.84. The molecule has 1 aromatic heterocycles. The number of benzene rings is 1. The molecule has 0 unspecified atom stereocenters. The van der Waals surface area contributed by atoms with Crippen LogP contribution < -0.4 is 15.8 Å². The molecule has 2 aromatic rings. The van der Waals surface area contributed by atoms with Crippen LogP contribution in [0.15, 0.2) is 24.4 Å². The van der Waals surface area contributed by atoms with Crippen LogP contribution in [0.5, 0.6) is 5.88 Å². The normalized spacial score (nSPS) is 13.5. The molecule has 1 aliphatic carbocycles. The summed E-state index contributed by atoms with van der Waals surface area (Å²) >= 11 is 0. The number of nitrogens with zero attached hydrogens (tertiary/aromatic N) is 1. The van der Waals surface area contributed by atoms with Crippen LogP contribution in [0.1, 0.15) is 45.8 Å². The fourth-order valence-corrected chi connectivity index (χ4v) is 2.84. The lowest BCUT2D eigenvalue weighted by Gasteiger charge is -2.15.